The molecule has 1 aromatic heterocycles. The minimum atomic E-state index is -3.71. The van der Waals surface area contributed by atoms with Crippen LogP contribution in [0.3, 0.4) is 0 Å². The summed E-state index contributed by atoms with van der Waals surface area (Å²) >= 11 is 0. The predicted octanol–water partition coefficient (Wildman–Crippen LogP) is 6.56. The van der Waals surface area contributed by atoms with Gasteiger partial charge in [-0.2, -0.15) is 0 Å². The molecular formula is C32H35N3O3S. The summed E-state index contributed by atoms with van der Waals surface area (Å²) in [5.41, 5.74) is 5.90. The quantitative estimate of drug-likeness (QED) is 0.288. The maximum atomic E-state index is 13.7. The van der Waals surface area contributed by atoms with Gasteiger partial charge in [0.05, 0.1) is 17.7 Å². The Balaban J connectivity index is 1.29. The first-order valence-electron chi connectivity index (χ1n) is 13.8. The number of nitrogens with zero attached hydrogens (tertiary/aromatic N) is 2. The Morgan fingerprint density at radius 1 is 0.897 bits per heavy atom. The average molecular weight is 542 g/mol. The van der Waals surface area contributed by atoms with E-state index in [4.69, 9.17) is 4.74 Å². The minimum absolute atomic E-state index is 0.266. The van der Waals surface area contributed by atoms with Gasteiger partial charge in [0, 0.05) is 36.1 Å². The molecule has 6 rings (SSSR count). The number of fused-ring (bicyclic) bond motifs is 1. The second-order valence-corrected chi connectivity index (χ2v) is 12.3. The van der Waals surface area contributed by atoms with Crippen LogP contribution < -0.4 is 9.04 Å². The van der Waals surface area contributed by atoms with Crippen LogP contribution >= 0.6 is 0 Å². The zero-order valence-electron chi connectivity index (χ0n) is 22.3. The number of sulfonamides is 1. The number of para-hydroxylation sites is 1. The monoisotopic (exact) mass is 541 g/mol. The Morgan fingerprint density at radius 3 is 2.56 bits per heavy atom. The van der Waals surface area contributed by atoms with E-state index in [1.54, 1.807) is 25.3 Å². The number of hydrogen-bond acceptors (Lipinski definition) is 4. The van der Waals surface area contributed by atoms with Crippen molar-refractivity contribution in [1.29, 1.82) is 0 Å². The smallest absolute Gasteiger partial charge is 0.264 e. The second kappa shape index (κ2) is 10.9. The fourth-order valence-corrected chi connectivity index (χ4v) is 7.59. The summed E-state index contributed by atoms with van der Waals surface area (Å²) in [7, 11) is -2.09. The molecule has 0 saturated carbocycles. The first-order chi connectivity index (χ1) is 19.0. The maximum absolute atomic E-state index is 13.7. The van der Waals surface area contributed by atoms with E-state index in [-0.39, 0.29) is 4.90 Å². The number of anilines is 1. The summed E-state index contributed by atoms with van der Waals surface area (Å²) in [6.45, 7) is 2.32. The molecule has 39 heavy (non-hydrogen) atoms. The zero-order chi connectivity index (χ0) is 26.8. The number of aromatic amines is 1. The third kappa shape index (κ3) is 5.09. The van der Waals surface area contributed by atoms with Gasteiger partial charge in [0.25, 0.3) is 10.0 Å². The summed E-state index contributed by atoms with van der Waals surface area (Å²) in [5.74, 6) is 0.640. The van der Waals surface area contributed by atoms with E-state index in [0.717, 1.165) is 54.1 Å². The molecule has 1 N–H and O–H groups in total. The number of hydrogen-bond donors (Lipinski definition) is 1. The van der Waals surface area contributed by atoms with Crippen molar-refractivity contribution in [2.75, 3.05) is 24.5 Å². The van der Waals surface area contributed by atoms with Crippen molar-refractivity contribution in [3.63, 3.8) is 0 Å². The molecule has 0 bridgehead atoms. The largest absolute Gasteiger partial charge is 0.496 e. The molecule has 0 amide bonds. The lowest BCUT2D eigenvalue weighted by atomic mass is 10.0. The van der Waals surface area contributed by atoms with Crippen LogP contribution in [0.4, 0.5) is 5.69 Å². The Kier molecular flexibility index (Phi) is 7.19. The Morgan fingerprint density at radius 2 is 1.72 bits per heavy atom. The molecule has 1 unspecified atom stereocenters. The van der Waals surface area contributed by atoms with Crippen LogP contribution in [0, 0.1) is 0 Å². The summed E-state index contributed by atoms with van der Waals surface area (Å²) in [6.07, 6.45) is 5.58. The number of benzene rings is 3. The molecule has 1 saturated heterocycles. The lowest BCUT2D eigenvalue weighted by molar-refractivity contribution is 0.190. The van der Waals surface area contributed by atoms with E-state index in [9.17, 15) is 8.42 Å². The molecular weight excluding hydrogens is 506 g/mol. The van der Waals surface area contributed by atoms with Gasteiger partial charge in [0.15, 0.2) is 0 Å². The van der Waals surface area contributed by atoms with E-state index in [1.807, 2.05) is 30.3 Å². The van der Waals surface area contributed by atoms with Gasteiger partial charge in [-0.05, 0) is 73.3 Å². The lowest BCUT2D eigenvalue weighted by Gasteiger charge is -2.30. The normalized spacial score (nSPS) is 18.1. The molecule has 0 radical (unpaired) electrons. The maximum Gasteiger partial charge on any atom is 0.264 e. The number of methoxy groups -OCH3 is 1. The fourth-order valence-electron chi connectivity index (χ4n) is 6.06. The van der Waals surface area contributed by atoms with Crippen LogP contribution in [0.2, 0.25) is 0 Å². The fraction of sp³-hybridized carbons (Fsp3) is 0.312. The second-order valence-electron chi connectivity index (χ2n) is 10.5. The van der Waals surface area contributed by atoms with E-state index in [2.05, 4.69) is 46.3 Å². The van der Waals surface area contributed by atoms with Crippen molar-refractivity contribution in [3.05, 3.63) is 102 Å². The highest BCUT2D eigenvalue weighted by Crippen LogP contribution is 2.37. The standard InChI is InChI=1S/C32H35N3O3S/c1-38-32-18-16-27(39(36,37)35-21-19-25-12-7-8-14-31(25)35)22-28(32)29-17-15-26(33-29)23-34-20-9-3-6-13-30(34)24-10-4-2-5-11-24/h2,4-5,7-8,10-12,14-18,22,30,33H,3,6,9,13,19-21,23H2,1H3. The van der Waals surface area contributed by atoms with Gasteiger partial charge in [-0.15, -0.1) is 0 Å². The predicted molar refractivity (Wildman–Crippen MR) is 156 cm³/mol. The van der Waals surface area contributed by atoms with Gasteiger partial charge in [0.2, 0.25) is 0 Å². The van der Waals surface area contributed by atoms with Crippen molar-refractivity contribution in [2.45, 2.75) is 49.6 Å². The molecule has 0 aliphatic carbocycles. The van der Waals surface area contributed by atoms with Crippen molar-refractivity contribution >= 4 is 15.7 Å². The summed E-state index contributed by atoms with van der Waals surface area (Å²) in [4.78, 5) is 6.41. The SMILES string of the molecule is COc1ccc(S(=O)(=O)N2CCc3ccccc32)cc1-c1ccc(CN2CCCCCC2c2ccccc2)[nH]1. The Hall–Kier alpha value is -3.55. The molecule has 3 aromatic carbocycles. The highest BCUT2D eigenvalue weighted by Gasteiger charge is 2.31. The summed E-state index contributed by atoms with van der Waals surface area (Å²) in [6, 6.07) is 28.2. The molecule has 7 heteroatoms. The van der Waals surface area contributed by atoms with Gasteiger partial charge in [-0.25, -0.2) is 8.42 Å². The summed E-state index contributed by atoms with van der Waals surface area (Å²) < 4.78 is 34.6. The third-order valence-corrected chi connectivity index (χ3v) is 9.87. The van der Waals surface area contributed by atoms with Crippen LogP contribution in [0.1, 0.15) is 48.5 Å². The van der Waals surface area contributed by atoms with Crippen molar-refractivity contribution in [2.24, 2.45) is 0 Å². The molecule has 2 aliphatic heterocycles. The molecule has 6 nitrogen and oxygen atoms in total. The van der Waals surface area contributed by atoms with E-state index < -0.39 is 10.0 Å². The molecule has 202 valence electrons. The molecule has 4 aromatic rings. The number of ether oxygens (including phenoxy) is 1. The first-order valence-corrected chi connectivity index (χ1v) is 15.2. The Labute approximate surface area is 231 Å². The molecule has 2 aliphatic rings. The Bertz CT molecular complexity index is 1550. The molecule has 1 atom stereocenters. The van der Waals surface area contributed by atoms with Crippen molar-refractivity contribution in [1.82, 2.24) is 9.88 Å². The number of nitrogens with one attached hydrogen (secondary N) is 1. The first kappa shape index (κ1) is 25.7. The molecule has 3 heterocycles. The highest BCUT2D eigenvalue weighted by atomic mass is 32.2. The summed E-state index contributed by atoms with van der Waals surface area (Å²) in [5, 5.41) is 0. The van der Waals surface area contributed by atoms with Crippen LogP contribution in [0.5, 0.6) is 5.75 Å². The number of aromatic nitrogens is 1. The molecule has 0 spiro atoms. The topological polar surface area (TPSA) is 65.6 Å². The van der Waals surface area contributed by atoms with E-state index >= 15 is 0 Å². The number of likely N-dealkylation sites (tertiary alicyclic amines) is 1. The van der Waals surface area contributed by atoms with Gasteiger partial charge >= 0.3 is 0 Å². The van der Waals surface area contributed by atoms with Crippen LogP contribution in [0.15, 0.2) is 89.8 Å². The average Bonchev–Trinajstić information content (AvgIpc) is 3.56. The molecule has 1 fully saturated rings. The van der Waals surface area contributed by atoms with Gasteiger partial charge in [0.1, 0.15) is 5.75 Å². The lowest BCUT2D eigenvalue weighted by Crippen LogP contribution is -2.29. The van der Waals surface area contributed by atoms with Gasteiger partial charge in [-0.3, -0.25) is 9.21 Å². The van der Waals surface area contributed by atoms with Gasteiger partial charge in [-0.1, -0.05) is 61.4 Å². The van der Waals surface area contributed by atoms with Crippen LogP contribution in [-0.4, -0.2) is 38.5 Å². The highest BCUT2D eigenvalue weighted by molar-refractivity contribution is 7.92. The minimum Gasteiger partial charge on any atom is -0.496 e. The number of rotatable bonds is 7. The van der Waals surface area contributed by atoms with E-state index in [0.29, 0.717) is 18.3 Å². The third-order valence-electron chi connectivity index (χ3n) is 8.06. The van der Waals surface area contributed by atoms with Crippen molar-refractivity contribution < 1.29 is 13.2 Å². The zero-order valence-corrected chi connectivity index (χ0v) is 23.2. The van der Waals surface area contributed by atoms with Crippen molar-refractivity contribution in [3.8, 4) is 17.0 Å². The van der Waals surface area contributed by atoms with E-state index in [1.165, 1.54) is 29.1 Å². The van der Waals surface area contributed by atoms with Crippen LogP contribution in [-0.2, 0) is 23.0 Å². The van der Waals surface area contributed by atoms with Crippen LogP contribution in [0.25, 0.3) is 11.3 Å². The van der Waals surface area contributed by atoms with Gasteiger partial charge < -0.3 is 9.72 Å². The number of H-pyrrole nitrogens is 1.